The van der Waals surface area contributed by atoms with Crippen molar-refractivity contribution in [2.24, 2.45) is 0 Å². The van der Waals surface area contributed by atoms with Crippen LogP contribution in [0.15, 0.2) is 18.2 Å². The molecule has 1 fully saturated rings. The Hall–Kier alpha value is -2.19. The SMILES string of the molecule is CNNC(=S)c1cccc2c1CCC[C@H]2N(CC(=O)N1CCCC1)C(=O)OC(C)(C)C. The van der Waals surface area contributed by atoms with Gasteiger partial charge in [0, 0.05) is 25.7 Å². The molecule has 0 aromatic heterocycles. The van der Waals surface area contributed by atoms with Gasteiger partial charge in [0.05, 0.1) is 6.04 Å². The van der Waals surface area contributed by atoms with E-state index in [1.54, 1.807) is 11.9 Å². The minimum absolute atomic E-state index is 0.0148. The van der Waals surface area contributed by atoms with Crippen molar-refractivity contribution < 1.29 is 14.3 Å². The molecule has 7 nitrogen and oxygen atoms in total. The summed E-state index contributed by atoms with van der Waals surface area (Å²) >= 11 is 5.54. The second-order valence-electron chi connectivity index (χ2n) is 9.18. The second-order valence-corrected chi connectivity index (χ2v) is 9.59. The van der Waals surface area contributed by atoms with Crippen molar-refractivity contribution in [3.05, 3.63) is 34.9 Å². The third-order valence-electron chi connectivity index (χ3n) is 5.73. The van der Waals surface area contributed by atoms with Crippen molar-refractivity contribution in [3.63, 3.8) is 0 Å². The normalized spacial score (nSPS) is 18.3. The number of thiocarbonyl (C=S) groups is 1. The van der Waals surface area contributed by atoms with Crippen LogP contribution in [0.4, 0.5) is 4.79 Å². The molecule has 1 aliphatic heterocycles. The third kappa shape index (κ3) is 5.74. The number of hydrogen-bond donors (Lipinski definition) is 2. The van der Waals surface area contributed by atoms with E-state index in [4.69, 9.17) is 17.0 Å². The summed E-state index contributed by atoms with van der Waals surface area (Å²) in [6.45, 7) is 7.09. The number of hydrogen-bond acceptors (Lipinski definition) is 5. The van der Waals surface area contributed by atoms with E-state index >= 15 is 0 Å². The van der Waals surface area contributed by atoms with Crippen molar-refractivity contribution in [1.82, 2.24) is 20.7 Å². The monoisotopic (exact) mass is 446 g/mol. The van der Waals surface area contributed by atoms with Gasteiger partial charge in [-0.1, -0.05) is 30.4 Å². The summed E-state index contributed by atoms with van der Waals surface area (Å²) in [4.78, 5) is 30.3. The number of nitrogens with one attached hydrogen (secondary N) is 2. The Morgan fingerprint density at radius 1 is 1.23 bits per heavy atom. The summed E-state index contributed by atoms with van der Waals surface area (Å²) < 4.78 is 5.72. The van der Waals surface area contributed by atoms with Crippen LogP contribution in [-0.2, 0) is 16.0 Å². The van der Waals surface area contributed by atoms with Crippen molar-refractivity contribution in [2.45, 2.75) is 64.5 Å². The average Bonchev–Trinajstić information content (AvgIpc) is 3.25. The van der Waals surface area contributed by atoms with E-state index < -0.39 is 11.7 Å². The predicted molar refractivity (Wildman–Crippen MR) is 125 cm³/mol. The topological polar surface area (TPSA) is 73.9 Å². The number of likely N-dealkylation sites (tertiary alicyclic amines) is 1. The zero-order valence-electron chi connectivity index (χ0n) is 19.0. The van der Waals surface area contributed by atoms with Crippen molar-refractivity contribution in [1.29, 1.82) is 0 Å². The Bertz CT molecular complexity index is 831. The summed E-state index contributed by atoms with van der Waals surface area (Å²) in [5.74, 6) is -0.0148. The van der Waals surface area contributed by atoms with Gasteiger partial charge >= 0.3 is 6.09 Å². The summed E-state index contributed by atoms with van der Waals surface area (Å²) in [6.07, 6.45) is 4.17. The zero-order valence-corrected chi connectivity index (χ0v) is 19.8. The first-order chi connectivity index (χ1) is 14.7. The molecular formula is C23H34N4O3S. The Morgan fingerprint density at radius 2 is 1.94 bits per heavy atom. The molecule has 2 N–H and O–H groups in total. The molecule has 31 heavy (non-hydrogen) atoms. The molecule has 8 heteroatoms. The van der Waals surface area contributed by atoms with Gasteiger partial charge in [0.25, 0.3) is 0 Å². The molecule has 1 heterocycles. The van der Waals surface area contributed by atoms with Crippen molar-refractivity contribution in [3.8, 4) is 0 Å². The summed E-state index contributed by atoms with van der Waals surface area (Å²) in [5, 5.41) is 0. The van der Waals surface area contributed by atoms with E-state index in [2.05, 4.69) is 10.9 Å². The number of rotatable bonds is 5. The number of benzene rings is 1. The lowest BCUT2D eigenvalue weighted by atomic mass is 9.84. The Kier molecular flexibility index (Phi) is 7.54. The number of carbonyl (C=O) groups is 2. The minimum atomic E-state index is -0.635. The van der Waals surface area contributed by atoms with Crippen LogP contribution in [0.25, 0.3) is 0 Å². The predicted octanol–water partition coefficient (Wildman–Crippen LogP) is 3.32. The lowest BCUT2D eigenvalue weighted by Gasteiger charge is -2.37. The lowest BCUT2D eigenvalue weighted by Crippen LogP contribution is -2.46. The fourth-order valence-electron chi connectivity index (χ4n) is 4.38. The molecule has 1 atom stereocenters. The van der Waals surface area contributed by atoms with Gasteiger partial charge in [0.1, 0.15) is 17.1 Å². The van der Waals surface area contributed by atoms with Crippen LogP contribution < -0.4 is 10.9 Å². The molecule has 0 spiro atoms. The minimum Gasteiger partial charge on any atom is -0.444 e. The Morgan fingerprint density at radius 3 is 2.58 bits per heavy atom. The van der Waals surface area contributed by atoms with Crippen LogP contribution >= 0.6 is 12.2 Å². The highest BCUT2D eigenvalue weighted by Gasteiger charge is 2.35. The molecule has 0 radical (unpaired) electrons. The highest BCUT2D eigenvalue weighted by Crippen LogP contribution is 2.37. The zero-order chi connectivity index (χ0) is 22.6. The molecule has 3 rings (SSSR count). The van der Waals surface area contributed by atoms with Gasteiger partial charge in [-0.15, -0.1) is 0 Å². The molecule has 1 saturated heterocycles. The van der Waals surface area contributed by atoms with Crippen LogP contribution in [0.2, 0.25) is 0 Å². The van der Waals surface area contributed by atoms with Crippen molar-refractivity contribution >= 4 is 29.2 Å². The average molecular weight is 447 g/mol. The van der Waals surface area contributed by atoms with Gasteiger partial charge in [-0.2, -0.15) is 0 Å². The number of amides is 2. The van der Waals surface area contributed by atoms with E-state index in [9.17, 15) is 9.59 Å². The quantitative estimate of drug-likeness (QED) is 0.534. The first-order valence-corrected chi connectivity index (χ1v) is 11.5. The highest BCUT2D eigenvalue weighted by atomic mass is 32.1. The Balaban J connectivity index is 1.94. The van der Waals surface area contributed by atoms with Gasteiger partial charge in [-0.25, -0.2) is 10.2 Å². The maximum Gasteiger partial charge on any atom is 0.411 e. The highest BCUT2D eigenvalue weighted by molar-refractivity contribution is 7.80. The molecule has 0 saturated carbocycles. The van der Waals surface area contributed by atoms with Gasteiger partial charge in [0.2, 0.25) is 5.91 Å². The number of hydrazine groups is 1. The number of fused-ring (bicyclic) bond motifs is 1. The fourth-order valence-corrected chi connectivity index (χ4v) is 4.67. The lowest BCUT2D eigenvalue weighted by molar-refractivity contribution is -0.132. The first-order valence-electron chi connectivity index (χ1n) is 11.1. The number of carbonyl (C=O) groups excluding carboxylic acids is 2. The van der Waals surface area contributed by atoms with E-state index in [-0.39, 0.29) is 18.5 Å². The summed E-state index contributed by atoms with van der Waals surface area (Å²) in [6, 6.07) is 5.79. The standard InChI is InChI=1S/C23H34N4O3S/c1-23(2,3)30-22(29)27(15-20(28)26-13-5-6-14-26)19-12-8-9-16-17(19)10-7-11-18(16)21(31)25-24-4/h7,10-11,19,24H,5-6,8-9,12-15H2,1-4H3,(H,25,31)/t19-/m1/s1. The molecule has 170 valence electrons. The molecule has 2 aliphatic rings. The van der Waals surface area contributed by atoms with Crippen LogP contribution in [0.5, 0.6) is 0 Å². The third-order valence-corrected chi connectivity index (χ3v) is 6.05. The molecule has 1 aliphatic carbocycles. The van der Waals surface area contributed by atoms with Gasteiger partial charge in [0.15, 0.2) is 0 Å². The maximum absolute atomic E-state index is 13.2. The van der Waals surface area contributed by atoms with Gasteiger partial charge in [-0.3, -0.25) is 9.69 Å². The first kappa shape index (κ1) is 23.5. The summed E-state index contributed by atoms with van der Waals surface area (Å²) in [7, 11) is 1.78. The summed E-state index contributed by atoms with van der Waals surface area (Å²) in [5.41, 5.74) is 8.38. The number of ether oxygens (including phenoxy) is 1. The molecule has 1 aromatic rings. The maximum atomic E-state index is 13.2. The Labute approximate surface area is 190 Å². The van der Waals surface area contributed by atoms with E-state index in [1.807, 2.05) is 43.9 Å². The van der Waals surface area contributed by atoms with Crippen molar-refractivity contribution in [2.75, 3.05) is 26.7 Å². The largest absolute Gasteiger partial charge is 0.444 e. The van der Waals surface area contributed by atoms with Crippen LogP contribution in [-0.4, -0.2) is 59.1 Å². The van der Waals surface area contributed by atoms with Crippen LogP contribution in [0, 0.1) is 0 Å². The molecule has 0 bridgehead atoms. The smallest absolute Gasteiger partial charge is 0.411 e. The molecule has 0 unspecified atom stereocenters. The van der Waals surface area contributed by atoms with Gasteiger partial charge in [-0.05, 0) is 64.0 Å². The molecule has 1 aromatic carbocycles. The van der Waals surface area contributed by atoms with E-state index in [1.165, 1.54) is 0 Å². The fraction of sp³-hybridized carbons (Fsp3) is 0.609. The second kappa shape index (κ2) is 9.96. The van der Waals surface area contributed by atoms with E-state index in [0.717, 1.165) is 61.9 Å². The van der Waals surface area contributed by atoms with E-state index in [0.29, 0.717) is 4.99 Å². The van der Waals surface area contributed by atoms with Gasteiger partial charge < -0.3 is 15.1 Å². The molecular weight excluding hydrogens is 412 g/mol. The van der Waals surface area contributed by atoms with Crippen LogP contribution in [0.1, 0.15) is 69.2 Å². The van der Waals surface area contributed by atoms with Crippen LogP contribution in [0.3, 0.4) is 0 Å². The number of nitrogens with zero attached hydrogens (tertiary/aromatic N) is 2. The molecule has 2 amide bonds.